The number of rotatable bonds is 5. The van der Waals surface area contributed by atoms with Gasteiger partial charge in [-0.1, -0.05) is 37.6 Å². The van der Waals surface area contributed by atoms with E-state index in [4.69, 9.17) is 4.74 Å². The molecule has 0 atom stereocenters. The Labute approximate surface area is 115 Å². The Morgan fingerprint density at radius 2 is 2.11 bits per heavy atom. The minimum Gasteiger partial charge on any atom is -0.465 e. The zero-order chi connectivity index (χ0) is 13.5. The first-order valence-electron chi connectivity index (χ1n) is 7.24. The number of fused-ring (bicyclic) bond motifs is 1. The third kappa shape index (κ3) is 4.35. The van der Waals surface area contributed by atoms with E-state index in [1.165, 1.54) is 11.1 Å². The van der Waals surface area contributed by atoms with Crippen molar-refractivity contribution in [3.05, 3.63) is 35.4 Å². The van der Waals surface area contributed by atoms with Crippen molar-refractivity contribution in [3.63, 3.8) is 0 Å². The molecule has 0 unspecified atom stereocenters. The molecule has 3 heteroatoms. The average Bonchev–Trinajstić information content (AvgIpc) is 2.60. The number of carbonyl (C=O) groups is 1. The number of carbonyl (C=O) groups excluding carboxylic acids is 1. The Balaban J connectivity index is 1.86. The highest BCUT2D eigenvalue weighted by Gasteiger charge is 2.16. The first kappa shape index (κ1) is 14.1. The standard InChI is InChI=1S/C16H23NO2/c1-2-3-11-19-16(18)13-17-10-6-9-14-7-4-5-8-15(14)12-17/h4-5,7-8H,2-3,6,9-13H2,1H3. The fourth-order valence-electron chi connectivity index (χ4n) is 2.46. The van der Waals surface area contributed by atoms with Gasteiger partial charge in [0.2, 0.25) is 0 Å². The number of ether oxygens (including phenoxy) is 1. The maximum Gasteiger partial charge on any atom is 0.320 e. The smallest absolute Gasteiger partial charge is 0.320 e. The first-order chi connectivity index (χ1) is 9.29. The van der Waals surface area contributed by atoms with E-state index in [9.17, 15) is 4.79 Å². The van der Waals surface area contributed by atoms with Crippen LogP contribution in [0.4, 0.5) is 0 Å². The lowest BCUT2D eigenvalue weighted by Gasteiger charge is -2.19. The second kappa shape index (κ2) is 7.29. The summed E-state index contributed by atoms with van der Waals surface area (Å²) in [5, 5.41) is 0. The normalized spacial score (nSPS) is 15.6. The van der Waals surface area contributed by atoms with Crippen LogP contribution in [0.1, 0.15) is 37.3 Å². The van der Waals surface area contributed by atoms with Crippen molar-refractivity contribution in [1.82, 2.24) is 4.90 Å². The summed E-state index contributed by atoms with van der Waals surface area (Å²) in [6.07, 6.45) is 4.23. The van der Waals surface area contributed by atoms with E-state index < -0.39 is 0 Å². The maximum absolute atomic E-state index is 11.7. The van der Waals surface area contributed by atoms with Crippen molar-refractivity contribution in [2.24, 2.45) is 0 Å². The molecule has 0 spiro atoms. The van der Waals surface area contributed by atoms with E-state index in [1.807, 2.05) is 0 Å². The van der Waals surface area contributed by atoms with Gasteiger partial charge in [0.25, 0.3) is 0 Å². The number of esters is 1. The van der Waals surface area contributed by atoms with Gasteiger partial charge in [-0.05, 0) is 36.9 Å². The quantitative estimate of drug-likeness (QED) is 0.603. The van der Waals surface area contributed by atoms with E-state index in [2.05, 4.69) is 36.1 Å². The summed E-state index contributed by atoms with van der Waals surface area (Å²) in [5.41, 5.74) is 2.77. The van der Waals surface area contributed by atoms with Crippen LogP contribution in [0.5, 0.6) is 0 Å². The van der Waals surface area contributed by atoms with Gasteiger partial charge in [-0.15, -0.1) is 0 Å². The SMILES string of the molecule is CCCCOC(=O)CN1CCCc2ccccc2C1. The number of hydrogen-bond donors (Lipinski definition) is 0. The van der Waals surface area contributed by atoms with Crippen LogP contribution in [0.2, 0.25) is 0 Å². The molecule has 1 aliphatic rings. The molecule has 1 aliphatic heterocycles. The largest absolute Gasteiger partial charge is 0.465 e. The summed E-state index contributed by atoms with van der Waals surface area (Å²) in [7, 11) is 0. The van der Waals surface area contributed by atoms with Crippen molar-refractivity contribution in [3.8, 4) is 0 Å². The van der Waals surface area contributed by atoms with Gasteiger partial charge in [0.1, 0.15) is 0 Å². The van der Waals surface area contributed by atoms with Gasteiger partial charge >= 0.3 is 5.97 Å². The summed E-state index contributed by atoms with van der Waals surface area (Å²) < 4.78 is 5.23. The molecule has 1 aromatic carbocycles. The lowest BCUT2D eigenvalue weighted by Crippen LogP contribution is -2.31. The third-order valence-electron chi connectivity index (χ3n) is 3.55. The van der Waals surface area contributed by atoms with Gasteiger partial charge in [0, 0.05) is 6.54 Å². The molecule has 0 saturated carbocycles. The Morgan fingerprint density at radius 3 is 2.89 bits per heavy atom. The molecule has 104 valence electrons. The number of hydrogen-bond acceptors (Lipinski definition) is 3. The van der Waals surface area contributed by atoms with Crippen LogP contribution in [0.25, 0.3) is 0 Å². The number of unbranched alkanes of at least 4 members (excludes halogenated alkanes) is 1. The molecule has 3 nitrogen and oxygen atoms in total. The monoisotopic (exact) mass is 261 g/mol. The van der Waals surface area contributed by atoms with Crippen LogP contribution < -0.4 is 0 Å². The maximum atomic E-state index is 11.7. The zero-order valence-electron chi connectivity index (χ0n) is 11.7. The van der Waals surface area contributed by atoms with Crippen molar-refractivity contribution in [1.29, 1.82) is 0 Å². The predicted octanol–water partition coefficient (Wildman–Crippen LogP) is 2.78. The molecular weight excluding hydrogens is 238 g/mol. The molecule has 0 fully saturated rings. The van der Waals surface area contributed by atoms with Crippen molar-refractivity contribution < 1.29 is 9.53 Å². The number of aryl methyl sites for hydroxylation is 1. The van der Waals surface area contributed by atoms with Gasteiger partial charge in [0.05, 0.1) is 13.2 Å². The molecular formula is C16H23NO2. The van der Waals surface area contributed by atoms with Gasteiger partial charge in [-0.2, -0.15) is 0 Å². The highest BCUT2D eigenvalue weighted by molar-refractivity contribution is 5.71. The van der Waals surface area contributed by atoms with E-state index in [-0.39, 0.29) is 5.97 Å². The highest BCUT2D eigenvalue weighted by atomic mass is 16.5. The van der Waals surface area contributed by atoms with Crippen LogP contribution in [0.3, 0.4) is 0 Å². The molecule has 0 radical (unpaired) electrons. The molecule has 0 aromatic heterocycles. The summed E-state index contributed by atoms with van der Waals surface area (Å²) in [6, 6.07) is 8.52. The Kier molecular flexibility index (Phi) is 5.40. The predicted molar refractivity (Wildman–Crippen MR) is 75.9 cm³/mol. The van der Waals surface area contributed by atoms with Gasteiger partial charge < -0.3 is 4.74 Å². The highest BCUT2D eigenvalue weighted by Crippen LogP contribution is 2.18. The van der Waals surface area contributed by atoms with Crippen molar-refractivity contribution in [2.75, 3.05) is 19.7 Å². The minimum atomic E-state index is -0.0900. The molecule has 1 aromatic rings. The molecule has 19 heavy (non-hydrogen) atoms. The molecule has 0 saturated heterocycles. The van der Waals surface area contributed by atoms with Crippen LogP contribution in [0.15, 0.2) is 24.3 Å². The van der Waals surface area contributed by atoms with Crippen molar-refractivity contribution in [2.45, 2.75) is 39.2 Å². The van der Waals surface area contributed by atoms with Crippen LogP contribution >= 0.6 is 0 Å². The molecule has 0 amide bonds. The first-order valence-corrected chi connectivity index (χ1v) is 7.24. The van der Waals surface area contributed by atoms with Gasteiger partial charge in [-0.25, -0.2) is 0 Å². The topological polar surface area (TPSA) is 29.5 Å². The average molecular weight is 261 g/mol. The fourth-order valence-corrected chi connectivity index (χ4v) is 2.46. The molecule has 1 heterocycles. The van der Waals surface area contributed by atoms with Crippen molar-refractivity contribution >= 4 is 5.97 Å². The minimum absolute atomic E-state index is 0.0900. The lowest BCUT2D eigenvalue weighted by molar-refractivity contribution is -0.145. The molecule has 0 aliphatic carbocycles. The van der Waals surface area contributed by atoms with E-state index >= 15 is 0 Å². The lowest BCUT2D eigenvalue weighted by atomic mass is 10.0. The summed E-state index contributed by atoms with van der Waals surface area (Å²) in [4.78, 5) is 13.9. The van der Waals surface area contributed by atoms with Crippen LogP contribution in [0, 0.1) is 0 Å². The van der Waals surface area contributed by atoms with E-state index in [0.717, 1.165) is 38.8 Å². The Hall–Kier alpha value is -1.35. The number of nitrogens with zero attached hydrogens (tertiary/aromatic N) is 1. The van der Waals surface area contributed by atoms with Gasteiger partial charge in [0.15, 0.2) is 0 Å². The summed E-state index contributed by atoms with van der Waals surface area (Å²) in [5.74, 6) is -0.0900. The molecule has 0 bridgehead atoms. The van der Waals surface area contributed by atoms with E-state index in [0.29, 0.717) is 13.2 Å². The molecule has 0 N–H and O–H groups in total. The third-order valence-corrected chi connectivity index (χ3v) is 3.55. The zero-order valence-corrected chi connectivity index (χ0v) is 11.7. The summed E-state index contributed by atoms with van der Waals surface area (Å²) in [6.45, 7) is 4.90. The van der Waals surface area contributed by atoms with Gasteiger partial charge in [-0.3, -0.25) is 9.69 Å². The fraction of sp³-hybridized carbons (Fsp3) is 0.562. The van der Waals surface area contributed by atoms with Crippen LogP contribution in [-0.2, 0) is 22.5 Å². The number of benzene rings is 1. The molecule has 2 rings (SSSR count). The second-order valence-electron chi connectivity index (χ2n) is 5.16. The van der Waals surface area contributed by atoms with E-state index in [1.54, 1.807) is 0 Å². The summed E-state index contributed by atoms with van der Waals surface area (Å²) >= 11 is 0. The Morgan fingerprint density at radius 1 is 1.32 bits per heavy atom. The van der Waals surface area contributed by atoms with Crippen LogP contribution in [-0.4, -0.2) is 30.6 Å². The Bertz CT molecular complexity index is 417. The second-order valence-corrected chi connectivity index (χ2v) is 5.16.